The molecule has 1 saturated heterocycles. The summed E-state index contributed by atoms with van der Waals surface area (Å²) in [5.74, 6) is -0.798. The largest absolute Gasteiger partial charge is 0.494 e. The average Bonchev–Trinajstić information content (AvgIpc) is 2.64. The highest BCUT2D eigenvalue weighted by atomic mass is 19.1. The van der Waals surface area contributed by atoms with Gasteiger partial charge < -0.3 is 9.64 Å². The first kappa shape index (κ1) is 18.0. The first-order valence-electron chi connectivity index (χ1n) is 8.29. The number of halogens is 1. The van der Waals surface area contributed by atoms with Gasteiger partial charge in [-0.05, 0) is 24.3 Å². The van der Waals surface area contributed by atoms with Crippen molar-refractivity contribution < 1.29 is 18.8 Å². The van der Waals surface area contributed by atoms with Gasteiger partial charge in [0.15, 0.2) is 11.4 Å². The fourth-order valence-corrected chi connectivity index (χ4v) is 2.72. The summed E-state index contributed by atoms with van der Waals surface area (Å²) in [5, 5.41) is 5.96. The Morgan fingerprint density at radius 3 is 2.54 bits per heavy atom. The summed E-state index contributed by atoms with van der Waals surface area (Å²) in [6.07, 6.45) is 0. The van der Waals surface area contributed by atoms with Gasteiger partial charge in [-0.15, -0.1) is 0 Å². The zero-order valence-corrected chi connectivity index (χ0v) is 14.7. The summed E-state index contributed by atoms with van der Waals surface area (Å²) in [5.41, 5.74) is 2.67. The van der Waals surface area contributed by atoms with Gasteiger partial charge in [-0.1, -0.05) is 0 Å². The lowest BCUT2D eigenvalue weighted by Gasteiger charge is -2.30. The third kappa shape index (κ3) is 3.89. The number of hydrogen-bond acceptors (Lipinski definition) is 5. The smallest absolute Gasteiger partial charge is 0.289 e. The summed E-state index contributed by atoms with van der Waals surface area (Å²) in [6, 6.07) is 6.47. The number of hydrogen-bond donors (Lipinski definition) is 2. The number of amides is 1. The van der Waals surface area contributed by atoms with E-state index in [1.54, 1.807) is 0 Å². The quantitative estimate of drug-likeness (QED) is 0.718. The number of carbonyl (C=O) groups excluding carboxylic acids is 1. The van der Waals surface area contributed by atoms with Crippen LogP contribution in [0, 0.1) is 5.82 Å². The highest BCUT2D eigenvalue weighted by molar-refractivity contribution is 5.94. The van der Waals surface area contributed by atoms with Crippen molar-refractivity contribution in [2.24, 2.45) is 0 Å². The van der Waals surface area contributed by atoms with Crippen LogP contribution in [0.25, 0.3) is 5.69 Å². The van der Waals surface area contributed by atoms with Gasteiger partial charge in [0.05, 0.1) is 52.1 Å². The summed E-state index contributed by atoms with van der Waals surface area (Å²) < 4.78 is 19.3. The standard InChI is InChI=1S/C17H20FN5O3/c1-21-7-9-22(10-8-21)20-17(25)16-14(26-2)11-15(24)23(19-16)13-5-3-12(18)4-6-13/h3-6,11H,7-10H2,1-2H3,(H,20,25)/p+1. The van der Waals surface area contributed by atoms with Crippen LogP contribution < -0.4 is 20.6 Å². The number of benzene rings is 1. The van der Waals surface area contributed by atoms with Crippen molar-refractivity contribution in [1.82, 2.24) is 20.2 Å². The molecule has 1 aromatic carbocycles. The predicted octanol–water partition coefficient (Wildman–Crippen LogP) is -1.14. The molecule has 2 aromatic rings. The molecule has 138 valence electrons. The number of hydrazine groups is 1. The van der Waals surface area contributed by atoms with Crippen LogP contribution in [0.2, 0.25) is 0 Å². The predicted molar refractivity (Wildman–Crippen MR) is 92.0 cm³/mol. The molecule has 1 aliphatic heterocycles. The van der Waals surface area contributed by atoms with E-state index >= 15 is 0 Å². The minimum absolute atomic E-state index is 0.0114. The molecule has 9 heteroatoms. The molecule has 8 nitrogen and oxygen atoms in total. The Bertz CT molecular complexity index is 844. The van der Waals surface area contributed by atoms with E-state index in [0.29, 0.717) is 5.69 Å². The van der Waals surface area contributed by atoms with E-state index in [4.69, 9.17) is 4.74 Å². The fourth-order valence-electron chi connectivity index (χ4n) is 2.72. The van der Waals surface area contributed by atoms with Crippen molar-refractivity contribution in [2.75, 3.05) is 40.3 Å². The Labute approximate surface area is 149 Å². The minimum atomic E-state index is -0.479. The number of carbonyl (C=O) groups is 1. The number of methoxy groups -OCH3 is 1. The third-order valence-electron chi connectivity index (χ3n) is 4.28. The lowest BCUT2D eigenvalue weighted by Crippen LogP contribution is -3.12. The van der Waals surface area contributed by atoms with Crippen LogP contribution in [0.4, 0.5) is 4.39 Å². The van der Waals surface area contributed by atoms with Crippen LogP contribution in [0.15, 0.2) is 35.1 Å². The Morgan fingerprint density at radius 2 is 1.92 bits per heavy atom. The zero-order valence-electron chi connectivity index (χ0n) is 14.7. The Morgan fingerprint density at radius 1 is 1.27 bits per heavy atom. The molecule has 0 bridgehead atoms. The SMILES string of the molecule is COc1cc(=O)n(-c2ccc(F)cc2)nc1C(=O)NN1CC[NH+](C)CC1. The summed E-state index contributed by atoms with van der Waals surface area (Å²) in [4.78, 5) is 26.3. The molecule has 0 saturated carbocycles. The van der Waals surface area contributed by atoms with E-state index in [2.05, 4.69) is 17.6 Å². The van der Waals surface area contributed by atoms with Gasteiger partial charge in [-0.3, -0.25) is 15.0 Å². The van der Waals surface area contributed by atoms with Crippen molar-refractivity contribution in [1.29, 1.82) is 0 Å². The van der Waals surface area contributed by atoms with Crippen LogP contribution in [-0.2, 0) is 0 Å². The Balaban J connectivity index is 1.90. The monoisotopic (exact) mass is 362 g/mol. The molecule has 1 aliphatic rings. The van der Waals surface area contributed by atoms with Crippen molar-refractivity contribution >= 4 is 5.91 Å². The maximum Gasteiger partial charge on any atom is 0.289 e. The van der Waals surface area contributed by atoms with Gasteiger partial charge in [-0.2, -0.15) is 9.78 Å². The molecule has 1 aromatic heterocycles. The highest BCUT2D eigenvalue weighted by Crippen LogP contribution is 2.14. The number of nitrogens with zero attached hydrogens (tertiary/aromatic N) is 3. The summed E-state index contributed by atoms with van der Waals surface area (Å²) >= 11 is 0. The van der Waals surface area contributed by atoms with Gasteiger partial charge in [0.2, 0.25) is 0 Å². The fraction of sp³-hybridized carbons (Fsp3) is 0.353. The van der Waals surface area contributed by atoms with Crippen LogP contribution in [0.3, 0.4) is 0 Å². The van der Waals surface area contributed by atoms with Gasteiger partial charge in [-0.25, -0.2) is 9.40 Å². The second-order valence-electron chi connectivity index (χ2n) is 6.17. The van der Waals surface area contributed by atoms with E-state index < -0.39 is 17.3 Å². The molecule has 0 unspecified atom stereocenters. The van der Waals surface area contributed by atoms with Gasteiger partial charge in [0, 0.05) is 0 Å². The molecule has 1 fully saturated rings. The highest BCUT2D eigenvalue weighted by Gasteiger charge is 2.23. The molecule has 0 radical (unpaired) electrons. The van der Waals surface area contributed by atoms with E-state index in [0.717, 1.165) is 30.9 Å². The second kappa shape index (κ2) is 7.63. The molecule has 1 amide bonds. The molecule has 26 heavy (non-hydrogen) atoms. The minimum Gasteiger partial charge on any atom is -0.494 e. The van der Waals surface area contributed by atoms with E-state index in [1.165, 1.54) is 42.3 Å². The number of aromatic nitrogens is 2. The van der Waals surface area contributed by atoms with E-state index in [1.807, 2.05) is 5.01 Å². The van der Waals surface area contributed by atoms with Crippen LogP contribution >= 0.6 is 0 Å². The number of nitrogens with one attached hydrogen (secondary N) is 2. The molecule has 2 heterocycles. The van der Waals surface area contributed by atoms with E-state index in [9.17, 15) is 14.0 Å². The number of quaternary nitrogens is 1. The summed E-state index contributed by atoms with van der Waals surface area (Å²) in [6.45, 7) is 3.27. The third-order valence-corrected chi connectivity index (χ3v) is 4.28. The molecule has 0 spiro atoms. The van der Waals surface area contributed by atoms with Crippen molar-refractivity contribution in [3.8, 4) is 11.4 Å². The lowest BCUT2D eigenvalue weighted by molar-refractivity contribution is -0.884. The van der Waals surface area contributed by atoms with Crippen LogP contribution in [0.5, 0.6) is 5.75 Å². The maximum absolute atomic E-state index is 13.1. The lowest BCUT2D eigenvalue weighted by atomic mass is 10.3. The maximum atomic E-state index is 13.1. The molecule has 0 aliphatic carbocycles. The van der Waals surface area contributed by atoms with E-state index in [-0.39, 0.29) is 11.4 Å². The molecule has 0 atom stereocenters. The number of rotatable bonds is 4. The van der Waals surface area contributed by atoms with Crippen LogP contribution in [0.1, 0.15) is 10.5 Å². The summed E-state index contributed by atoms with van der Waals surface area (Å²) in [7, 11) is 3.47. The molecule has 2 N–H and O–H groups in total. The number of ether oxygens (including phenoxy) is 1. The topological polar surface area (TPSA) is 80.9 Å². The van der Waals surface area contributed by atoms with Crippen molar-refractivity contribution in [3.05, 3.63) is 52.2 Å². The molecular weight excluding hydrogens is 341 g/mol. The molecular formula is C17H21FN5O3+. The zero-order chi connectivity index (χ0) is 18.7. The Kier molecular flexibility index (Phi) is 5.29. The number of likely N-dealkylation sites (N-methyl/N-ethyl adjacent to an activating group) is 1. The van der Waals surface area contributed by atoms with Crippen molar-refractivity contribution in [3.63, 3.8) is 0 Å². The van der Waals surface area contributed by atoms with Gasteiger partial charge >= 0.3 is 0 Å². The van der Waals surface area contributed by atoms with Gasteiger partial charge in [0.1, 0.15) is 5.82 Å². The normalized spacial score (nSPS) is 15.7. The Hall–Kier alpha value is -2.78. The first-order valence-corrected chi connectivity index (χ1v) is 8.29. The first-order chi connectivity index (χ1) is 12.5. The second-order valence-corrected chi connectivity index (χ2v) is 6.17. The number of piperazine rings is 1. The van der Waals surface area contributed by atoms with Gasteiger partial charge in [0.25, 0.3) is 11.5 Å². The van der Waals surface area contributed by atoms with Crippen LogP contribution in [-0.4, -0.2) is 61.0 Å². The molecule has 3 rings (SSSR count). The van der Waals surface area contributed by atoms with Crippen molar-refractivity contribution in [2.45, 2.75) is 0 Å². The average molecular weight is 362 g/mol.